The van der Waals surface area contributed by atoms with Crippen LogP contribution in [0.2, 0.25) is 0 Å². The van der Waals surface area contributed by atoms with Crippen molar-refractivity contribution in [3.8, 4) is 28.7 Å². The summed E-state index contributed by atoms with van der Waals surface area (Å²) in [6, 6.07) is 5.42. The Kier molecular flexibility index (Phi) is 7.95. The molecule has 0 saturated heterocycles. The van der Waals surface area contributed by atoms with Gasteiger partial charge in [-0.15, -0.1) is 0 Å². The summed E-state index contributed by atoms with van der Waals surface area (Å²) in [5.74, 6) is 2.54. The molecule has 6 heteroatoms. The van der Waals surface area contributed by atoms with Crippen LogP contribution in [0, 0.1) is 0 Å². The van der Waals surface area contributed by atoms with Gasteiger partial charge in [0.2, 0.25) is 0 Å². The third-order valence-corrected chi connectivity index (χ3v) is 5.73. The highest BCUT2D eigenvalue weighted by molar-refractivity contribution is 6.12. The molecule has 6 nitrogen and oxygen atoms in total. The second-order valence-corrected chi connectivity index (χ2v) is 8.99. The SMILES string of the molecule is COc1ccc(/C=C/C(=O)c2c(OC)c3c(c(CC=C(C)C)c2OC)OC(C)(C)C=C3)c(OC)c1. The van der Waals surface area contributed by atoms with Crippen LogP contribution in [0.3, 0.4) is 0 Å². The molecule has 186 valence electrons. The Hall–Kier alpha value is -3.67. The van der Waals surface area contributed by atoms with E-state index < -0.39 is 5.60 Å². The first-order valence-electron chi connectivity index (χ1n) is 11.4. The van der Waals surface area contributed by atoms with E-state index in [9.17, 15) is 4.79 Å². The number of fused-ring (bicyclic) bond motifs is 1. The third kappa shape index (κ3) is 5.53. The van der Waals surface area contributed by atoms with Crippen LogP contribution in [0.15, 0.2) is 42.0 Å². The van der Waals surface area contributed by atoms with Crippen molar-refractivity contribution in [3.63, 3.8) is 0 Å². The number of ether oxygens (including phenoxy) is 5. The summed E-state index contributed by atoms with van der Waals surface area (Å²) in [6.07, 6.45) is 9.77. The van der Waals surface area contributed by atoms with E-state index in [2.05, 4.69) is 6.08 Å². The predicted molar refractivity (Wildman–Crippen MR) is 139 cm³/mol. The largest absolute Gasteiger partial charge is 0.497 e. The number of allylic oxidation sites excluding steroid dienone is 3. The van der Waals surface area contributed by atoms with Crippen LogP contribution in [0.5, 0.6) is 28.7 Å². The van der Waals surface area contributed by atoms with E-state index in [0.29, 0.717) is 40.7 Å². The zero-order valence-electron chi connectivity index (χ0n) is 21.8. The lowest BCUT2D eigenvalue weighted by Crippen LogP contribution is -2.29. The maximum absolute atomic E-state index is 13.6. The summed E-state index contributed by atoms with van der Waals surface area (Å²) in [5.41, 5.74) is 3.28. The molecular weight excluding hydrogens is 444 g/mol. The number of benzene rings is 2. The Morgan fingerprint density at radius 3 is 2.31 bits per heavy atom. The van der Waals surface area contributed by atoms with Crippen molar-refractivity contribution in [1.82, 2.24) is 0 Å². The van der Waals surface area contributed by atoms with Gasteiger partial charge in [-0.1, -0.05) is 11.6 Å². The molecule has 0 spiro atoms. The lowest BCUT2D eigenvalue weighted by atomic mass is 9.91. The van der Waals surface area contributed by atoms with Gasteiger partial charge < -0.3 is 23.7 Å². The molecule has 0 saturated carbocycles. The van der Waals surface area contributed by atoms with Crippen LogP contribution < -0.4 is 23.7 Å². The summed E-state index contributed by atoms with van der Waals surface area (Å²) in [4.78, 5) is 13.6. The second-order valence-electron chi connectivity index (χ2n) is 8.99. The quantitative estimate of drug-likeness (QED) is 0.239. The number of hydrogen-bond donors (Lipinski definition) is 0. The zero-order valence-corrected chi connectivity index (χ0v) is 21.8. The number of carbonyl (C=O) groups is 1. The molecule has 0 radical (unpaired) electrons. The van der Waals surface area contributed by atoms with Gasteiger partial charge in [-0.05, 0) is 70.6 Å². The average molecular weight is 479 g/mol. The van der Waals surface area contributed by atoms with Crippen molar-refractivity contribution in [2.45, 2.75) is 39.7 Å². The van der Waals surface area contributed by atoms with Crippen LogP contribution in [0.25, 0.3) is 12.2 Å². The number of ketones is 1. The van der Waals surface area contributed by atoms with Gasteiger partial charge in [0, 0.05) is 17.2 Å². The summed E-state index contributed by atoms with van der Waals surface area (Å²) >= 11 is 0. The fourth-order valence-corrected chi connectivity index (χ4v) is 3.96. The molecule has 0 aromatic heterocycles. The molecule has 0 N–H and O–H groups in total. The minimum atomic E-state index is -0.501. The van der Waals surface area contributed by atoms with Crippen molar-refractivity contribution in [2.75, 3.05) is 28.4 Å². The summed E-state index contributed by atoms with van der Waals surface area (Å²) in [7, 11) is 6.27. The highest BCUT2D eigenvalue weighted by Gasteiger charge is 2.33. The van der Waals surface area contributed by atoms with E-state index in [1.165, 1.54) is 6.08 Å². The topological polar surface area (TPSA) is 63.2 Å². The number of hydrogen-bond acceptors (Lipinski definition) is 6. The minimum absolute atomic E-state index is 0.254. The van der Waals surface area contributed by atoms with Gasteiger partial charge >= 0.3 is 0 Å². The van der Waals surface area contributed by atoms with Gasteiger partial charge in [-0.2, -0.15) is 0 Å². The molecule has 1 heterocycles. The first kappa shape index (κ1) is 25.9. The molecule has 0 fully saturated rings. The standard InChI is InChI=1S/C29H34O6/c1-18(2)9-13-21-26-22(15-16-29(3,4)35-26)28(34-8)25(27(21)33-7)23(30)14-11-19-10-12-20(31-5)17-24(19)32-6/h9-12,14-17H,13H2,1-8H3/b14-11+. The van der Waals surface area contributed by atoms with E-state index >= 15 is 0 Å². The molecule has 2 aromatic rings. The average Bonchev–Trinajstić information content (AvgIpc) is 2.84. The van der Waals surface area contributed by atoms with E-state index in [4.69, 9.17) is 23.7 Å². The minimum Gasteiger partial charge on any atom is -0.497 e. The molecule has 0 amide bonds. The van der Waals surface area contributed by atoms with Crippen LogP contribution in [0.1, 0.15) is 54.7 Å². The smallest absolute Gasteiger partial charge is 0.193 e. The van der Waals surface area contributed by atoms with Crippen molar-refractivity contribution in [2.24, 2.45) is 0 Å². The van der Waals surface area contributed by atoms with Gasteiger partial charge in [0.1, 0.15) is 39.9 Å². The molecule has 35 heavy (non-hydrogen) atoms. The van der Waals surface area contributed by atoms with E-state index in [-0.39, 0.29) is 5.78 Å². The first-order valence-corrected chi connectivity index (χ1v) is 11.4. The Morgan fingerprint density at radius 2 is 1.71 bits per heavy atom. The van der Waals surface area contributed by atoms with Crippen molar-refractivity contribution in [3.05, 3.63) is 64.3 Å². The lowest BCUT2D eigenvalue weighted by molar-refractivity contribution is 0.104. The first-order chi connectivity index (χ1) is 16.6. The van der Waals surface area contributed by atoms with E-state index in [1.807, 2.05) is 52.0 Å². The van der Waals surface area contributed by atoms with E-state index in [1.54, 1.807) is 40.6 Å². The second kappa shape index (κ2) is 10.7. The Labute approximate surface area is 207 Å². The van der Waals surface area contributed by atoms with Crippen molar-refractivity contribution >= 4 is 17.9 Å². The number of rotatable bonds is 9. The van der Waals surface area contributed by atoms with Gasteiger partial charge in [0.25, 0.3) is 0 Å². The Bertz CT molecular complexity index is 1200. The van der Waals surface area contributed by atoms with Crippen LogP contribution in [-0.4, -0.2) is 39.8 Å². The van der Waals surface area contributed by atoms with Gasteiger partial charge in [-0.3, -0.25) is 4.79 Å². The monoisotopic (exact) mass is 478 g/mol. The number of carbonyl (C=O) groups excluding carboxylic acids is 1. The maximum Gasteiger partial charge on any atom is 0.193 e. The normalized spacial score (nSPS) is 13.6. The van der Waals surface area contributed by atoms with Gasteiger partial charge in [0.15, 0.2) is 5.78 Å². The fourth-order valence-electron chi connectivity index (χ4n) is 3.96. The van der Waals surface area contributed by atoms with Crippen molar-refractivity contribution in [1.29, 1.82) is 0 Å². The highest BCUT2D eigenvalue weighted by Crippen LogP contribution is 2.48. The fraction of sp³-hybridized carbons (Fsp3) is 0.345. The maximum atomic E-state index is 13.6. The van der Waals surface area contributed by atoms with Gasteiger partial charge in [-0.25, -0.2) is 0 Å². The molecule has 1 aliphatic heterocycles. The molecule has 3 rings (SSSR count). The Morgan fingerprint density at radius 1 is 1.00 bits per heavy atom. The van der Waals surface area contributed by atoms with Crippen LogP contribution >= 0.6 is 0 Å². The summed E-state index contributed by atoms with van der Waals surface area (Å²) in [5, 5.41) is 0. The molecule has 1 aliphatic rings. The Balaban J connectivity index is 2.19. The lowest BCUT2D eigenvalue weighted by Gasteiger charge is -2.32. The zero-order chi connectivity index (χ0) is 25.8. The number of methoxy groups -OCH3 is 4. The highest BCUT2D eigenvalue weighted by atomic mass is 16.5. The third-order valence-electron chi connectivity index (χ3n) is 5.73. The predicted octanol–water partition coefficient (Wildman–Crippen LogP) is 6.31. The van der Waals surface area contributed by atoms with Crippen LogP contribution in [-0.2, 0) is 6.42 Å². The molecule has 0 bridgehead atoms. The summed E-state index contributed by atoms with van der Waals surface area (Å²) < 4.78 is 28.7. The summed E-state index contributed by atoms with van der Waals surface area (Å²) in [6.45, 7) is 8.04. The van der Waals surface area contributed by atoms with E-state index in [0.717, 1.165) is 22.3 Å². The van der Waals surface area contributed by atoms with Crippen LogP contribution in [0.4, 0.5) is 0 Å². The molecule has 0 atom stereocenters. The van der Waals surface area contributed by atoms with Gasteiger partial charge in [0.05, 0.1) is 34.0 Å². The van der Waals surface area contributed by atoms with Crippen molar-refractivity contribution < 1.29 is 28.5 Å². The molecule has 0 unspecified atom stereocenters. The molecule has 2 aromatic carbocycles. The molecule has 0 aliphatic carbocycles. The molecular formula is C29H34O6.